The second kappa shape index (κ2) is 6.06. The summed E-state index contributed by atoms with van der Waals surface area (Å²) in [5, 5.41) is 8.33. The van der Waals surface area contributed by atoms with Crippen LogP contribution in [0, 0.1) is 13.8 Å². The molecule has 0 amide bonds. The van der Waals surface area contributed by atoms with Crippen molar-refractivity contribution in [3.63, 3.8) is 0 Å². The van der Waals surface area contributed by atoms with Crippen LogP contribution in [-0.2, 0) is 0 Å². The summed E-state index contributed by atoms with van der Waals surface area (Å²) in [7, 11) is 0. The van der Waals surface area contributed by atoms with Crippen LogP contribution in [0.15, 0.2) is 41.0 Å². The Labute approximate surface area is 141 Å². The quantitative estimate of drug-likeness (QED) is 0.732. The first-order chi connectivity index (χ1) is 10.5. The third kappa shape index (κ3) is 3.13. The maximum absolute atomic E-state index is 5.90. The number of hydrogen-bond donors (Lipinski definition) is 1. The van der Waals surface area contributed by atoms with Crippen molar-refractivity contribution in [2.24, 2.45) is 0 Å². The van der Waals surface area contributed by atoms with Crippen LogP contribution < -0.4 is 5.32 Å². The van der Waals surface area contributed by atoms with Crippen LogP contribution in [0.25, 0.3) is 5.95 Å². The standard InChI is InChI=1S/C15H13BrClN5/c1-9-7-10(2)22(21-9)15-18-8-13(16)14(20-15)19-12-5-3-11(17)4-6-12/h3-8H,1-2H3,(H,18,19,20). The Bertz CT molecular complexity index is 813. The van der Waals surface area contributed by atoms with E-state index in [1.807, 2.05) is 44.2 Å². The minimum Gasteiger partial charge on any atom is -0.339 e. The molecule has 0 radical (unpaired) electrons. The minimum absolute atomic E-state index is 0.519. The van der Waals surface area contributed by atoms with E-state index in [1.165, 1.54) is 0 Å². The second-order valence-electron chi connectivity index (χ2n) is 4.84. The molecule has 1 aromatic carbocycles. The molecular formula is C15H13BrClN5. The van der Waals surface area contributed by atoms with Crippen LogP contribution in [0.3, 0.4) is 0 Å². The van der Waals surface area contributed by atoms with E-state index in [4.69, 9.17) is 11.6 Å². The number of hydrogen-bond acceptors (Lipinski definition) is 4. The molecule has 0 bridgehead atoms. The van der Waals surface area contributed by atoms with Gasteiger partial charge in [-0.1, -0.05) is 11.6 Å². The van der Waals surface area contributed by atoms with E-state index >= 15 is 0 Å². The Balaban J connectivity index is 1.96. The molecule has 0 aliphatic carbocycles. The molecule has 3 rings (SSSR count). The van der Waals surface area contributed by atoms with E-state index in [2.05, 4.69) is 36.3 Å². The molecule has 1 N–H and O–H groups in total. The van der Waals surface area contributed by atoms with E-state index in [1.54, 1.807) is 10.9 Å². The fraction of sp³-hybridized carbons (Fsp3) is 0.133. The van der Waals surface area contributed by atoms with Crippen LogP contribution >= 0.6 is 27.5 Å². The predicted molar refractivity (Wildman–Crippen MR) is 91.1 cm³/mol. The molecule has 112 valence electrons. The number of aromatic nitrogens is 4. The maximum Gasteiger partial charge on any atom is 0.252 e. The summed E-state index contributed by atoms with van der Waals surface area (Å²) in [5.74, 6) is 1.19. The van der Waals surface area contributed by atoms with Gasteiger partial charge in [0.25, 0.3) is 5.95 Å². The van der Waals surface area contributed by atoms with Gasteiger partial charge in [0.15, 0.2) is 0 Å². The maximum atomic E-state index is 5.90. The number of nitrogens with one attached hydrogen (secondary N) is 1. The van der Waals surface area contributed by atoms with Gasteiger partial charge in [0.05, 0.1) is 10.2 Å². The molecule has 0 aliphatic rings. The number of anilines is 2. The first-order valence-corrected chi connectivity index (χ1v) is 7.79. The van der Waals surface area contributed by atoms with Crippen molar-refractivity contribution in [2.45, 2.75) is 13.8 Å². The summed E-state index contributed by atoms with van der Waals surface area (Å²) in [4.78, 5) is 8.85. The summed E-state index contributed by atoms with van der Waals surface area (Å²) in [6, 6.07) is 9.40. The van der Waals surface area contributed by atoms with Crippen molar-refractivity contribution >= 4 is 39.0 Å². The van der Waals surface area contributed by atoms with Crippen molar-refractivity contribution in [1.29, 1.82) is 0 Å². The molecule has 2 heterocycles. The van der Waals surface area contributed by atoms with Crippen molar-refractivity contribution < 1.29 is 0 Å². The Hall–Kier alpha value is -1.92. The number of aryl methyl sites for hydroxylation is 2. The zero-order valence-corrected chi connectivity index (χ0v) is 14.4. The van der Waals surface area contributed by atoms with E-state index in [0.29, 0.717) is 16.8 Å². The summed E-state index contributed by atoms with van der Waals surface area (Å²) in [5.41, 5.74) is 2.80. The van der Waals surface area contributed by atoms with Crippen LogP contribution in [0.1, 0.15) is 11.4 Å². The normalized spacial score (nSPS) is 10.7. The fourth-order valence-corrected chi connectivity index (χ4v) is 2.46. The Kier molecular flexibility index (Phi) is 4.13. The van der Waals surface area contributed by atoms with E-state index < -0.39 is 0 Å². The van der Waals surface area contributed by atoms with Crippen molar-refractivity contribution in [3.8, 4) is 5.95 Å². The first-order valence-electron chi connectivity index (χ1n) is 6.62. The highest BCUT2D eigenvalue weighted by Crippen LogP contribution is 2.25. The largest absolute Gasteiger partial charge is 0.339 e. The summed E-state index contributed by atoms with van der Waals surface area (Å²) in [6.45, 7) is 3.91. The lowest BCUT2D eigenvalue weighted by Gasteiger charge is -2.10. The smallest absolute Gasteiger partial charge is 0.252 e. The fourth-order valence-electron chi connectivity index (χ4n) is 2.05. The lowest BCUT2D eigenvalue weighted by molar-refractivity contribution is 0.774. The van der Waals surface area contributed by atoms with Crippen LogP contribution in [0.2, 0.25) is 5.02 Å². The summed E-state index contributed by atoms with van der Waals surface area (Å²) < 4.78 is 2.49. The van der Waals surface area contributed by atoms with Gasteiger partial charge < -0.3 is 5.32 Å². The SMILES string of the molecule is Cc1cc(C)n(-c2ncc(Br)c(Nc3ccc(Cl)cc3)n2)n1. The Morgan fingerprint density at radius 1 is 1.18 bits per heavy atom. The van der Waals surface area contributed by atoms with Crippen LogP contribution in [0.5, 0.6) is 0 Å². The third-order valence-electron chi connectivity index (χ3n) is 3.04. The van der Waals surface area contributed by atoms with Gasteiger partial charge in [-0.2, -0.15) is 10.1 Å². The van der Waals surface area contributed by atoms with Gasteiger partial charge in [0, 0.05) is 22.6 Å². The average Bonchev–Trinajstić information content (AvgIpc) is 2.82. The molecule has 0 saturated heterocycles. The van der Waals surface area contributed by atoms with E-state index in [9.17, 15) is 0 Å². The van der Waals surface area contributed by atoms with Crippen LogP contribution in [0.4, 0.5) is 11.5 Å². The Morgan fingerprint density at radius 2 is 1.91 bits per heavy atom. The number of halogens is 2. The van der Waals surface area contributed by atoms with Gasteiger partial charge in [0.1, 0.15) is 5.82 Å². The minimum atomic E-state index is 0.519. The van der Waals surface area contributed by atoms with Gasteiger partial charge in [-0.15, -0.1) is 0 Å². The molecule has 5 nitrogen and oxygen atoms in total. The van der Waals surface area contributed by atoms with Gasteiger partial charge in [-0.3, -0.25) is 0 Å². The molecule has 0 saturated carbocycles. The van der Waals surface area contributed by atoms with Gasteiger partial charge in [0.2, 0.25) is 0 Å². The molecule has 3 aromatic rings. The number of benzene rings is 1. The molecule has 0 aliphatic heterocycles. The highest BCUT2D eigenvalue weighted by Gasteiger charge is 2.10. The third-order valence-corrected chi connectivity index (χ3v) is 3.87. The van der Waals surface area contributed by atoms with E-state index in [0.717, 1.165) is 21.5 Å². The molecule has 22 heavy (non-hydrogen) atoms. The van der Waals surface area contributed by atoms with Crippen molar-refractivity contribution in [2.75, 3.05) is 5.32 Å². The monoisotopic (exact) mass is 377 g/mol. The molecule has 0 fully saturated rings. The van der Waals surface area contributed by atoms with Gasteiger partial charge in [-0.05, 0) is 60.1 Å². The first kappa shape index (κ1) is 15.0. The zero-order chi connectivity index (χ0) is 15.7. The highest BCUT2D eigenvalue weighted by atomic mass is 79.9. The zero-order valence-electron chi connectivity index (χ0n) is 12.0. The lowest BCUT2D eigenvalue weighted by atomic mass is 10.3. The molecular weight excluding hydrogens is 366 g/mol. The number of nitrogens with zero attached hydrogens (tertiary/aromatic N) is 4. The lowest BCUT2D eigenvalue weighted by Crippen LogP contribution is -2.07. The highest BCUT2D eigenvalue weighted by molar-refractivity contribution is 9.10. The topological polar surface area (TPSA) is 55.6 Å². The molecule has 0 unspecified atom stereocenters. The summed E-state index contributed by atoms with van der Waals surface area (Å²) in [6.07, 6.45) is 1.71. The van der Waals surface area contributed by atoms with E-state index in [-0.39, 0.29) is 0 Å². The second-order valence-corrected chi connectivity index (χ2v) is 6.13. The molecule has 2 aromatic heterocycles. The van der Waals surface area contributed by atoms with Gasteiger partial charge >= 0.3 is 0 Å². The molecule has 7 heteroatoms. The molecule has 0 spiro atoms. The predicted octanol–water partition coefficient (Wildman–Crippen LogP) is 4.44. The van der Waals surface area contributed by atoms with Gasteiger partial charge in [-0.25, -0.2) is 9.67 Å². The van der Waals surface area contributed by atoms with Crippen molar-refractivity contribution in [1.82, 2.24) is 19.7 Å². The summed E-state index contributed by atoms with van der Waals surface area (Å²) >= 11 is 9.35. The average molecular weight is 379 g/mol. The molecule has 0 atom stereocenters. The Morgan fingerprint density at radius 3 is 2.55 bits per heavy atom. The number of rotatable bonds is 3. The van der Waals surface area contributed by atoms with Crippen LogP contribution in [-0.4, -0.2) is 19.7 Å². The van der Waals surface area contributed by atoms with Crippen molar-refractivity contribution in [3.05, 3.63) is 57.4 Å².